The second kappa shape index (κ2) is 9.50. The molecule has 2 fully saturated rings. The normalized spacial score (nSPS) is 21.2. The van der Waals surface area contributed by atoms with Gasteiger partial charge < -0.3 is 10.2 Å². The molecule has 1 saturated heterocycles. The molecule has 4 heteroatoms. The fourth-order valence-corrected chi connectivity index (χ4v) is 3.47. The number of hydrogen-bond donors (Lipinski definition) is 1. The summed E-state index contributed by atoms with van der Waals surface area (Å²) < 4.78 is 0. The molecule has 0 spiro atoms. The van der Waals surface area contributed by atoms with Crippen molar-refractivity contribution in [1.29, 1.82) is 0 Å². The van der Waals surface area contributed by atoms with Crippen LogP contribution in [0.25, 0.3) is 0 Å². The number of rotatable bonds is 6. The lowest BCUT2D eigenvalue weighted by molar-refractivity contribution is 0.458. The van der Waals surface area contributed by atoms with E-state index < -0.39 is 0 Å². The van der Waals surface area contributed by atoms with Gasteiger partial charge in [0.1, 0.15) is 0 Å². The van der Waals surface area contributed by atoms with Gasteiger partial charge in [-0.2, -0.15) is 0 Å². The summed E-state index contributed by atoms with van der Waals surface area (Å²) in [5.74, 6) is 2.89. The standard InChI is InChI=1S/C19H29N3.HI/c1-20-19(21-12-5-8-16-9-10-16)22-13-11-18(15-22)14-17-6-3-2-4-7-17;/h2-4,6-7,16,18H,5,8-15H2,1H3,(H,20,21);1H. The largest absolute Gasteiger partial charge is 0.356 e. The quantitative estimate of drug-likeness (QED) is 0.323. The van der Waals surface area contributed by atoms with Crippen molar-refractivity contribution in [2.24, 2.45) is 16.8 Å². The maximum Gasteiger partial charge on any atom is 0.193 e. The van der Waals surface area contributed by atoms with Crippen molar-refractivity contribution < 1.29 is 0 Å². The summed E-state index contributed by atoms with van der Waals surface area (Å²) in [7, 11) is 1.91. The van der Waals surface area contributed by atoms with Crippen LogP contribution in [0, 0.1) is 11.8 Å². The second-order valence-corrected chi connectivity index (χ2v) is 6.85. The summed E-state index contributed by atoms with van der Waals surface area (Å²) in [4.78, 5) is 6.91. The summed E-state index contributed by atoms with van der Waals surface area (Å²) in [6.07, 6.45) is 8.06. The van der Waals surface area contributed by atoms with Crippen LogP contribution in [0.4, 0.5) is 0 Å². The van der Waals surface area contributed by atoms with Crippen molar-refractivity contribution in [1.82, 2.24) is 10.2 Å². The Morgan fingerprint density at radius 1 is 1.17 bits per heavy atom. The highest BCUT2D eigenvalue weighted by atomic mass is 127. The highest BCUT2D eigenvalue weighted by molar-refractivity contribution is 14.0. The van der Waals surface area contributed by atoms with Gasteiger partial charge in [0.15, 0.2) is 5.96 Å². The average Bonchev–Trinajstić information content (AvgIpc) is 3.27. The molecule has 1 heterocycles. The molecule has 0 bridgehead atoms. The van der Waals surface area contributed by atoms with Gasteiger partial charge in [-0.3, -0.25) is 4.99 Å². The van der Waals surface area contributed by atoms with Crippen LogP contribution in [0.5, 0.6) is 0 Å². The Morgan fingerprint density at radius 2 is 1.96 bits per heavy atom. The van der Waals surface area contributed by atoms with Gasteiger partial charge in [0.2, 0.25) is 0 Å². The average molecular weight is 427 g/mol. The van der Waals surface area contributed by atoms with Gasteiger partial charge >= 0.3 is 0 Å². The van der Waals surface area contributed by atoms with E-state index in [4.69, 9.17) is 0 Å². The number of nitrogens with one attached hydrogen (secondary N) is 1. The minimum Gasteiger partial charge on any atom is -0.356 e. The van der Waals surface area contributed by atoms with E-state index in [-0.39, 0.29) is 24.0 Å². The topological polar surface area (TPSA) is 27.6 Å². The van der Waals surface area contributed by atoms with Gasteiger partial charge in [0, 0.05) is 26.7 Å². The van der Waals surface area contributed by atoms with E-state index >= 15 is 0 Å². The van der Waals surface area contributed by atoms with Crippen LogP contribution in [-0.2, 0) is 6.42 Å². The zero-order chi connectivity index (χ0) is 15.2. The monoisotopic (exact) mass is 427 g/mol. The highest BCUT2D eigenvalue weighted by Gasteiger charge is 2.25. The molecule has 0 amide bonds. The molecule has 1 aliphatic carbocycles. The van der Waals surface area contributed by atoms with Gasteiger partial charge in [-0.1, -0.05) is 43.2 Å². The SMILES string of the molecule is CN=C(NCCCC1CC1)N1CCC(Cc2ccccc2)C1.I. The third kappa shape index (κ3) is 5.98. The van der Waals surface area contributed by atoms with Crippen LogP contribution in [0.15, 0.2) is 35.3 Å². The summed E-state index contributed by atoms with van der Waals surface area (Å²) in [5, 5.41) is 3.55. The van der Waals surface area contributed by atoms with Crippen LogP contribution in [0.3, 0.4) is 0 Å². The molecule has 23 heavy (non-hydrogen) atoms. The molecule has 0 radical (unpaired) electrons. The molecule has 128 valence electrons. The molecule has 2 aliphatic rings. The Morgan fingerprint density at radius 3 is 2.65 bits per heavy atom. The maximum absolute atomic E-state index is 4.48. The van der Waals surface area contributed by atoms with E-state index in [1.807, 2.05) is 7.05 Å². The number of halogens is 1. The van der Waals surface area contributed by atoms with Crippen molar-refractivity contribution in [3.63, 3.8) is 0 Å². The van der Waals surface area contributed by atoms with E-state index in [2.05, 4.69) is 45.5 Å². The summed E-state index contributed by atoms with van der Waals surface area (Å²) in [5.41, 5.74) is 1.46. The van der Waals surface area contributed by atoms with Gasteiger partial charge in [-0.15, -0.1) is 24.0 Å². The Bertz CT molecular complexity index is 485. The molecule has 1 aromatic carbocycles. The molecule has 1 N–H and O–H groups in total. The lowest BCUT2D eigenvalue weighted by Gasteiger charge is -2.21. The third-order valence-corrected chi connectivity index (χ3v) is 4.93. The summed E-state index contributed by atoms with van der Waals surface area (Å²) in [6, 6.07) is 10.9. The van der Waals surface area contributed by atoms with Crippen LogP contribution < -0.4 is 5.32 Å². The fraction of sp³-hybridized carbons (Fsp3) is 0.632. The molecular weight excluding hydrogens is 397 g/mol. The van der Waals surface area contributed by atoms with Crippen molar-refractivity contribution in [2.75, 3.05) is 26.7 Å². The zero-order valence-corrected chi connectivity index (χ0v) is 16.5. The molecular formula is C19H30IN3. The van der Waals surface area contributed by atoms with Gasteiger partial charge in [-0.05, 0) is 43.1 Å². The first kappa shape index (κ1) is 18.6. The van der Waals surface area contributed by atoms with Crippen LogP contribution in [0.1, 0.15) is 37.7 Å². The van der Waals surface area contributed by atoms with Crippen molar-refractivity contribution in [3.8, 4) is 0 Å². The molecule has 1 aliphatic heterocycles. The molecule has 1 aromatic rings. The first-order valence-corrected chi connectivity index (χ1v) is 8.84. The number of nitrogens with zero attached hydrogens (tertiary/aromatic N) is 2. The minimum atomic E-state index is 0. The second-order valence-electron chi connectivity index (χ2n) is 6.85. The number of guanidine groups is 1. The lowest BCUT2D eigenvalue weighted by atomic mass is 9.99. The van der Waals surface area contributed by atoms with Crippen LogP contribution >= 0.6 is 24.0 Å². The number of benzene rings is 1. The van der Waals surface area contributed by atoms with Gasteiger partial charge in [-0.25, -0.2) is 0 Å². The summed E-state index contributed by atoms with van der Waals surface area (Å²) in [6.45, 7) is 3.35. The van der Waals surface area contributed by atoms with Crippen LogP contribution in [-0.4, -0.2) is 37.5 Å². The summed E-state index contributed by atoms with van der Waals surface area (Å²) >= 11 is 0. The van der Waals surface area contributed by atoms with Crippen LogP contribution in [0.2, 0.25) is 0 Å². The molecule has 3 rings (SSSR count). The first-order chi connectivity index (χ1) is 10.8. The molecule has 1 saturated carbocycles. The minimum absolute atomic E-state index is 0. The van der Waals surface area contributed by atoms with E-state index in [0.717, 1.165) is 37.4 Å². The number of hydrogen-bond acceptors (Lipinski definition) is 1. The van der Waals surface area contributed by atoms with Gasteiger partial charge in [0.25, 0.3) is 0 Å². The lowest BCUT2D eigenvalue weighted by Crippen LogP contribution is -2.40. The van der Waals surface area contributed by atoms with E-state index in [9.17, 15) is 0 Å². The predicted octanol–water partition coefficient (Wildman–Crippen LogP) is 3.93. The predicted molar refractivity (Wildman–Crippen MR) is 109 cm³/mol. The molecule has 0 aromatic heterocycles. The van der Waals surface area contributed by atoms with E-state index in [0.29, 0.717) is 0 Å². The van der Waals surface area contributed by atoms with E-state index in [1.54, 1.807) is 0 Å². The Kier molecular flexibility index (Phi) is 7.66. The first-order valence-electron chi connectivity index (χ1n) is 8.84. The highest BCUT2D eigenvalue weighted by Crippen LogP contribution is 2.33. The smallest absolute Gasteiger partial charge is 0.193 e. The van der Waals surface area contributed by atoms with Gasteiger partial charge in [0.05, 0.1) is 0 Å². The number of aliphatic imine (C=N–C) groups is 1. The Balaban J connectivity index is 0.00000192. The Hall–Kier alpha value is -0.780. The molecule has 3 nitrogen and oxygen atoms in total. The Labute approximate surface area is 158 Å². The molecule has 1 unspecified atom stereocenters. The molecule has 1 atom stereocenters. The van der Waals surface area contributed by atoms with Crippen molar-refractivity contribution in [2.45, 2.75) is 38.5 Å². The van der Waals surface area contributed by atoms with E-state index in [1.165, 1.54) is 44.1 Å². The van der Waals surface area contributed by atoms with Crippen molar-refractivity contribution in [3.05, 3.63) is 35.9 Å². The zero-order valence-electron chi connectivity index (χ0n) is 14.2. The van der Waals surface area contributed by atoms with Crippen molar-refractivity contribution >= 4 is 29.9 Å². The third-order valence-electron chi connectivity index (χ3n) is 4.93. The maximum atomic E-state index is 4.48. The number of likely N-dealkylation sites (tertiary alicyclic amines) is 1. The fourth-order valence-electron chi connectivity index (χ4n) is 3.47.